The van der Waals surface area contributed by atoms with Gasteiger partial charge in [0.1, 0.15) is 0 Å². The van der Waals surface area contributed by atoms with Crippen molar-refractivity contribution in [2.45, 2.75) is 25.7 Å². The van der Waals surface area contributed by atoms with E-state index in [-0.39, 0.29) is 0 Å². The predicted molar refractivity (Wildman–Crippen MR) is 68.6 cm³/mol. The largest absolute Gasteiger partial charge is 0.0620 e. The average Bonchev–Trinajstić information content (AvgIpc) is 2.49. The minimum atomic E-state index is 0.670. The number of hydrogen-bond donors (Lipinski definition) is 0. The normalized spacial score (nSPS) is 18.4. The quantitative estimate of drug-likeness (QED) is 0.602. The van der Waals surface area contributed by atoms with Crippen LogP contribution in [0.25, 0.3) is 11.1 Å². The third kappa shape index (κ3) is 1.46. The molecule has 0 saturated carbocycles. The molecule has 0 radical (unpaired) electrons. The van der Waals surface area contributed by atoms with Crippen molar-refractivity contribution in [1.82, 2.24) is 0 Å². The molecule has 16 heavy (non-hydrogen) atoms. The molecule has 0 unspecified atom stereocenters. The molecular weight excluding hydrogens is 192 g/mol. The summed E-state index contributed by atoms with van der Waals surface area (Å²) in [7, 11) is 0. The van der Waals surface area contributed by atoms with Crippen molar-refractivity contribution in [3.8, 4) is 11.1 Å². The molecule has 3 rings (SSSR count). The van der Waals surface area contributed by atoms with Gasteiger partial charge in [-0.2, -0.15) is 0 Å². The Hall–Kier alpha value is -1.56. The SMILES string of the molecule is C[C@@H]1CCc2ccccc2-c2ccccc21. The van der Waals surface area contributed by atoms with Gasteiger partial charge in [0.25, 0.3) is 0 Å². The van der Waals surface area contributed by atoms with E-state index < -0.39 is 0 Å². The minimum absolute atomic E-state index is 0.670. The van der Waals surface area contributed by atoms with E-state index in [0.29, 0.717) is 5.92 Å². The van der Waals surface area contributed by atoms with E-state index in [9.17, 15) is 0 Å². The van der Waals surface area contributed by atoms with Crippen LogP contribution in [-0.4, -0.2) is 0 Å². The molecule has 0 bridgehead atoms. The van der Waals surface area contributed by atoms with Gasteiger partial charge in [0.05, 0.1) is 0 Å². The van der Waals surface area contributed by atoms with Crippen LogP contribution in [0.3, 0.4) is 0 Å². The molecule has 2 aromatic carbocycles. The molecule has 0 spiro atoms. The highest BCUT2D eigenvalue weighted by Gasteiger charge is 2.17. The molecule has 0 heteroatoms. The molecule has 80 valence electrons. The number of rotatable bonds is 0. The maximum atomic E-state index is 2.34. The standard InChI is InChI=1S/C16H16/c1-12-10-11-13-6-2-3-8-15(13)16-9-5-4-7-14(12)16/h2-9,12H,10-11H2,1H3/t12-/m1/s1. The highest BCUT2D eigenvalue weighted by molar-refractivity contribution is 5.72. The van der Waals surface area contributed by atoms with E-state index in [0.717, 1.165) is 0 Å². The van der Waals surface area contributed by atoms with Crippen LogP contribution in [0.1, 0.15) is 30.4 Å². The third-order valence-corrected chi connectivity index (χ3v) is 3.65. The van der Waals surface area contributed by atoms with Crippen LogP contribution in [0.4, 0.5) is 0 Å². The van der Waals surface area contributed by atoms with E-state index in [2.05, 4.69) is 55.5 Å². The topological polar surface area (TPSA) is 0 Å². The third-order valence-electron chi connectivity index (χ3n) is 3.65. The molecule has 0 N–H and O–H groups in total. The second-order valence-electron chi connectivity index (χ2n) is 4.68. The van der Waals surface area contributed by atoms with Crippen molar-refractivity contribution in [2.75, 3.05) is 0 Å². The van der Waals surface area contributed by atoms with E-state index >= 15 is 0 Å². The Morgan fingerprint density at radius 3 is 2.44 bits per heavy atom. The van der Waals surface area contributed by atoms with Crippen LogP contribution in [0.15, 0.2) is 48.5 Å². The Morgan fingerprint density at radius 1 is 0.875 bits per heavy atom. The van der Waals surface area contributed by atoms with Crippen LogP contribution < -0.4 is 0 Å². The number of aryl methyl sites for hydroxylation is 1. The fourth-order valence-corrected chi connectivity index (χ4v) is 2.70. The Morgan fingerprint density at radius 2 is 1.56 bits per heavy atom. The smallest absolute Gasteiger partial charge is 0.0146 e. The van der Waals surface area contributed by atoms with Crippen LogP contribution in [0, 0.1) is 0 Å². The molecule has 0 aromatic heterocycles. The van der Waals surface area contributed by atoms with Crippen molar-refractivity contribution >= 4 is 0 Å². The Labute approximate surface area is 96.9 Å². The number of fused-ring (bicyclic) bond motifs is 3. The monoisotopic (exact) mass is 208 g/mol. The summed E-state index contributed by atoms with van der Waals surface area (Å²) in [5, 5.41) is 0. The second-order valence-corrected chi connectivity index (χ2v) is 4.68. The highest BCUT2D eigenvalue weighted by atomic mass is 14.2. The van der Waals surface area contributed by atoms with Crippen LogP contribution in [-0.2, 0) is 6.42 Å². The zero-order valence-electron chi connectivity index (χ0n) is 9.61. The lowest BCUT2D eigenvalue weighted by molar-refractivity contribution is 0.689. The molecule has 0 nitrogen and oxygen atoms in total. The average molecular weight is 208 g/mol. The summed E-state index contributed by atoms with van der Waals surface area (Å²) in [4.78, 5) is 0. The predicted octanol–water partition coefficient (Wildman–Crippen LogP) is 4.40. The molecule has 2 aromatic rings. The van der Waals surface area contributed by atoms with Gasteiger partial charge in [0, 0.05) is 0 Å². The van der Waals surface area contributed by atoms with E-state index in [1.54, 1.807) is 0 Å². The van der Waals surface area contributed by atoms with Crippen LogP contribution in [0.5, 0.6) is 0 Å². The second kappa shape index (κ2) is 3.79. The molecule has 1 aliphatic rings. The summed E-state index contributed by atoms with van der Waals surface area (Å²) in [5.41, 5.74) is 5.87. The zero-order valence-corrected chi connectivity index (χ0v) is 9.61. The van der Waals surface area contributed by atoms with Crippen LogP contribution in [0.2, 0.25) is 0 Å². The lowest BCUT2D eigenvalue weighted by Crippen LogP contribution is -1.93. The first-order valence-electron chi connectivity index (χ1n) is 6.03. The first-order chi connectivity index (χ1) is 7.86. The molecule has 0 amide bonds. The van der Waals surface area contributed by atoms with Crippen molar-refractivity contribution in [2.24, 2.45) is 0 Å². The summed E-state index contributed by atoms with van der Waals surface area (Å²) < 4.78 is 0. The summed E-state index contributed by atoms with van der Waals surface area (Å²) in [6.45, 7) is 2.34. The van der Waals surface area contributed by atoms with Gasteiger partial charge in [-0.3, -0.25) is 0 Å². The number of hydrogen-bond acceptors (Lipinski definition) is 0. The molecule has 0 fully saturated rings. The molecule has 1 atom stereocenters. The first kappa shape index (κ1) is 9.65. The summed E-state index contributed by atoms with van der Waals surface area (Å²) in [6, 6.07) is 17.7. The Kier molecular flexibility index (Phi) is 2.28. The molecule has 0 saturated heterocycles. The van der Waals surface area contributed by atoms with Crippen LogP contribution >= 0.6 is 0 Å². The summed E-state index contributed by atoms with van der Waals surface area (Å²) in [5.74, 6) is 0.670. The summed E-state index contributed by atoms with van der Waals surface area (Å²) >= 11 is 0. The van der Waals surface area contributed by atoms with E-state index in [4.69, 9.17) is 0 Å². The number of benzene rings is 2. The lowest BCUT2D eigenvalue weighted by atomic mass is 9.93. The Bertz CT molecular complexity index is 511. The lowest BCUT2D eigenvalue weighted by Gasteiger charge is -2.12. The Balaban J connectivity index is 2.28. The van der Waals surface area contributed by atoms with Crippen molar-refractivity contribution in [1.29, 1.82) is 0 Å². The van der Waals surface area contributed by atoms with Gasteiger partial charge in [0.15, 0.2) is 0 Å². The maximum absolute atomic E-state index is 2.34. The van der Waals surface area contributed by atoms with Crippen molar-refractivity contribution in [3.63, 3.8) is 0 Å². The molecular formula is C16H16. The van der Waals surface area contributed by atoms with Gasteiger partial charge in [-0.25, -0.2) is 0 Å². The van der Waals surface area contributed by atoms with E-state index in [1.165, 1.54) is 35.1 Å². The van der Waals surface area contributed by atoms with Crippen molar-refractivity contribution in [3.05, 3.63) is 59.7 Å². The van der Waals surface area contributed by atoms with Gasteiger partial charge < -0.3 is 0 Å². The van der Waals surface area contributed by atoms with Gasteiger partial charge >= 0.3 is 0 Å². The van der Waals surface area contributed by atoms with Gasteiger partial charge in [0.2, 0.25) is 0 Å². The zero-order chi connectivity index (χ0) is 11.0. The highest BCUT2D eigenvalue weighted by Crippen LogP contribution is 2.37. The maximum Gasteiger partial charge on any atom is -0.0146 e. The van der Waals surface area contributed by atoms with Gasteiger partial charge in [-0.05, 0) is 41.0 Å². The molecule has 0 aliphatic heterocycles. The fraction of sp³-hybridized carbons (Fsp3) is 0.250. The molecule has 1 aliphatic carbocycles. The van der Waals surface area contributed by atoms with E-state index in [1.807, 2.05) is 0 Å². The van der Waals surface area contributed by atoms with Gasteiger partial charge in [-0.15, -0.1) is 0 Å². The molecule has 0 heterocycles. The van der Waals surface area contributed by atoms with Crippen molar-refractivity contribution < 1.29 is 0 Å². The van der Waals surface area contributed by atoms with Gasteiger partial charge in [-0.1, -0.05) is 55.5 Å². The fourth-order valence-electron chi connectivity index (χ4n) is 2.70. The first-order valence-corrected chi connectivity index (χ1v) is 6.03. The minimum Gasteiger partial charge on any atom is -0.0620 e. The summed E-state index contributed by atoms with van der Waals surface area (Å²) in [6.07, 6.45) is 2.46.